The molecule has 4 rings (SSSR count). The molecule has 0 radical (unpaired) electrons. The van der Waals surface area contributed by atoms with Crippen LogP contribution >= 0.6 is 7.60 Å². The van der Waals surface area contributed by atoms with Crippen LogP contribution in [0.15, 0.2) is 72.8 Å². The van der Waals surface area contributed by atoms with Gasteiger partial charge in [-0.15, -0.1) is 0 Å². The number of fused-ring (bicyclic) bond motifs is 1. The Labute approximate surface area is 188 Å². The maximum atomic E-state index is 14.4. The Morgan fingerprint density at radius 3 is 2.19 bits per heavy atom. The van der Waals surface area contributed by atoms with Gasteiger partial charge in [-0.2, -0.15) is 0 Å². The molecule has 0 saturated carbocycles. The number of aryl methyl sites for hydroxylation is 1. The highest BCUT2D eigenvalue weighted by molar-refractivity contribution is 7.62. The molecule has 3 aromatic carbocycles. The lowest BCUT2D eigenvalue weighted by Gasteiger charge is -2.22. The molecule has 4 nitrogen and oxygen atoms in total. The monoisotopic (exact) mass is 451 g/mol. The summed E-state index contributed by atoms with van der Waals surface area (Å²) in [5.74, 6) is -0.344. The second-order valence-corrected chi connectivity index (χ2v) is 9.51. The first kappa shape index (κ1) is 22.5. The molecular formula is C26H27FNO3P. The maximum absolute atomic E-state index is 14.4. The minimum absolute atomic E-state index is 0.229. The molecule has 6 heteroatoms. The van der Waals surface area contributed by atoms with Gasteiger partial charge in [-0.1, -0.05) is 48.5 Å². The van der Waals surface area contributed by atoms with Crippen LogP contribution in [0.5, 0.6) is 0 Å². The number of halogens is 1. The number of hydrogen-bond acceptors (Lipinski definition) is 3. The molecule has 0 fully saturated rings. The van der Waals surface area contributed by atoms with Crippen LogP contribution in [0.4, 0.5) is 4.39 Å². The van der Waals surface area contributed by atoms with Crippen molar-refractivity contribution in [2.24, 2.45) is 0 Å². The van der Waals surface area contributed by atoms with E-state index in [2.05, 4.69) is 0 Å². The molecule has 0 N–H and O–H groups in total. The summed E-state index contributed by atoms with van der Waals surface area (Å²) in [5, 5.41) is 1.37. The number of benzene rings is 3. The Kier molecular flexibility index (Phi) is 6.61. The SMILES string of the molecule is CCOP(=O)(OCC)c1c2ccc(F)cc2c(Cc2ccccc2)n1-c1ccccc1C. The minimum atomic E-state index is -3.70. The van der Waals surface area contributed by atoms with Gasteiger partial charge in [0.1, 0.15) is 11.3 Å². The van der Waals surface area contributed by atoms with Crippen LogP contribution in [0.3, 0.4) is 0 Å². The lowest BCUT2D eigenvalue weighted by molar-refractivity contribution is 0.229. The van der Waals surface area contributed by atoms with E-state index in [1.54, 1.807) is 19.9 Å². The zero-order valence-corrected chi connectivity index (χ0v) is 19.4. The summed E-state index contributed by atoms with van der Waals surface area (Å²) in [6, 6.07) is 22.4. The first-order valence-corrected chi connectivity index (χ1v) is 12.3. The molecule has 0 aliphatic heterocycles. The van der Waals surface area contributed by atoms with Gasteiger partial charge in [0.15, 0.2) is 0 Å². The van der Waals surface area contributed by atoms with Gasteiger partial charge in [0, 0.05) is 28.6 Å². The second-order valence-electron chi connectivity index (χ2n) is 7.58. The molecular weight excluding hydrogens is 424 g/mol. The van der Waals surface area contributed by atoms with Crippen molar-refractivity contribution < 1.29 is 18.0 Å². The third-order valence-corrected chi connectivity index (χ3v) is 7.60. The lowest BCUT2D eigenvalue weighted by Crippen LogP contribution is -2.22. The standard InChI is InChI=1S/C26H27FNO3P/c1-4-30-32(29,31-5-2)26-22-16-15-21(27)18-23(22)25(17-20-12-7-6-8-13-20)28(26)24-14-10-9-11-19(24)3/h6-16,18H,4-5,17H2,1-3H3. The summed E-state index contributed by atoms with van der Waals surface area (Å²) in [5.41, 5.74) is 4.22. The van der Waals surface area contributed by atoms with Crippen LogP contribution < -0.4 is 5.44 Å². The fourth-order valence-electron chi connectivity index (χ4n) is 4.13. The number of aromatic nitrogens is 1. The van der Waals surface area contributed by atoms with Crippen molar-refractivity contribution in [2.45, 2.75) is 27.2 Å². The van der Waals surface area contributed by atoms with E-state index in [1.165, 1.54) is 12.1 Å². The van der Waals surface area contributed by atoms with Crippen molar-refractivity contribution in [1.82, 2.24) is 4.57 Å². The van der Waals surface area contributed by atoms with Gasteiger partial charge in [-0.25, -0.2) is 4.39 Å². The van der Waals surface area contributed by atoms with Gasteiger partial charge in [-0.05, 0) is 56.2 Å². The predicted octanol–water partition coefficient (Wildman–Crippen LogP) is 6.56. The highest BCUT2D eigenvalue weighted by Gasteiger charge is 2.36. The zero-order valence-electron chi connectivity index (χ0n) is 18.5. The zero-order chi connectivity index (χ0) is 22.7. The van der Waals surface area contributed by atoms with Crippen molar-refractivity contribution in [1.29, 1.82) is 0 Å². The molecule has 0 spiro atoms. The Morgan fingerprint density at radius 2 is 1.53 bits per heavy atom. The van der Waals surface area contributed by atoms with Gasteiger partial charge in [0.05, 0.1) is 13.2 Å². The third-order valence-electron chi connectivity index (χ3n) is 5.44. The molecule has 0 saturated heterocycles. The average Bonchev–Trinajstić information content (AvgIpc) is 3.09. The molecule has 32 heavy (non-hydrogen) atoms. The minimum Gasteiger partial charge on any atom is -0.305 e. The van der Waals surface area contributed by atoms with E-state index in [0.29, 0.717) is 22.6 Å². The highest BCUT2D eigenvalue weighted by atomic mass is 31.2. The number of rotatable bonds is 8. The maximum Gasteiger partial charge on any atom is 0.378 e. The summed E-state index contributed by atoms with van der Waals surface area (Å²) in [6.07, 6.45) is 0.535. The van der Waals surface area contributed by atoms with Crippen LogP contribution in [-0.4, -0.2) is 17.8 Å². The molecule has 1 aromatic heterocycles. The van der Waals surface area contributed by atoms with Gasteiger partial charge in [0.25, 0.3) is 0 Å². The van der Waals surface area contributed by atoms with E-state index in [4.69, 9.17) is 9.05 Å². The molecule has 0 bridgehead atoms. The van der Waals surface area contributed by atoms with Crippen molar-refractivity contribution in [3.8, 4) is 5.69 Å². The molecule has 1 heterocycles. The van der Waals surface area contributed by atoms with Crippen LogP contribution in [-0.2, 0) is 20.0 Å². The Bertz CT molecular complexity index is 1270. The normalized spacial score (nSPS) is 11.9. The van der Waals surface area contributed by atoms with Gasteiger partial charge in [0.2, 0.25) is 0 Å². The van der Waals surface area contributed by atoms with E-state index < -0.39 is 7.60 Å². The van der Waals surface area contributed by atoms with Crippen LogP contribution in [0.1, 0.15) is 30.7 Å². The quantitative estimate of drug-likeness (QED) is 0.285. The fourth-order valence-corrected chi connectivity index (χ4v) is 6.09. The molecule has 4 aromatic rings. The van der Waals surface area contributed by atoms with Crippen molar-refractivity contribution in [3.63, 3.8) is 0 Å². The van der Waals surface area contributed by atoms with E-state index in [0.717, 1.165) is 22.5 Å². The van der Waals surface area contributed by atoms with E-state index in [9.17, 15) is 8.96 Å². The molecule has 0 amide bonds. The Morgan fingerprint density at radius 1 is 0.875 bits per heavy atom. The van der Waals surface area contributed by atoms with Crippen LogP contribution in [0.25, 0.3) is 16.5 Å². The van der Waals surface area contributed by atoms with Gasteiger partial charge < -0.3 is 13.6 Å². The summed E-state index contributed by atoms with van der Waals surface area (Å²) < 4.78 is 42.1. The van der Waals surface area contributed by atoms with Crippen molar-refractivity contribution in [2.75, 3.05) is 13.2 Å². The summed E-state index contributed by atoms with van der Waals surface area (Å²) in [6.45, 7) is 6.04. The number of nitrogens with zero attached hydrogens (tertiary/aromatic N) is 1. The fraction of sp³-hybridized carbons (Fsp3) is 0.231. The first-order chi connectivity index (χ1) is 15.5. The van der Waals surface area contributed by atoms with Crippen LogP contribution in [0.2, 0.25) is 0 Å². The Balaban J connectivity index is 2.13. The highest BCUT2D eigenvalue weighted by Crippen LogP contribution is 2.50. The molecule has 0 unspecified atom stereocenters. The lowest BCUT2D eigenvalue weighted by atomic mass is 10.1. The largest absolute Gasteiger partial charge is 0.378 e. The molecule has 0 aliphatic carbocycles. The topological polar surface area (TPSA) is 40.5 Å². The van der Waals surface area contributed by atoms with Crippen molar-refractivity contribution in [3.05, 3.63) is 95.4 Å². The summed E-state index contributed by atoms with van der Waals surface area (Å²) in [7, 11) is -3.70. The van der Waals surface area contributed by atoms with E-state index in [-0.39, 0.29) is 19.0 Å². The number of para-hydroxylation sites is 1. The van der Waals surface area contributed by atoms with Crippen LogP contribution in [0, 0.1) is 12.7 Å². The molecule has 0 atom stereocenters. The predicted molar refractivity (Wildman–Crippen MR) is 128 cm³/mol. The third kappa shape index (κ3) is 4.16. The Hall–Kier alpha value is -2.72. The summed E-state index contributed by atoms with van der Waals surface area (Å²) >= 11 is 0. The second kappa shape index (κ2) is 9.41. The first-order valence-electron chi connectivity index (χ1n) is 10.8. The van der Waals surface area contributed by atoms with Gasteiger partial charge >= 0.3 is 7.60 Å². The molecule has 0 aliphatic rings. The van der Waals surface area contributed by atoms with Gasteiger partial charge in [-0.3, -0.25) is 4.57 Å². The smallest absolute Gasteiger partial charge is 0.305 e. The molecule has 166 valence electrons. The average molecular weight is 451 g/mol. The number of hydrogen-bond donors (Lipinski definition) is 0. The summed E-state index contributed by atoms with van der Waals surface area (Å²) in [4.78, 5) is 0. The van der Waals surface area contributed by atoms with E-state index in [1.807, 2.05) is 66.1 Å². The van der Waals surface area contributed by atoms with Crippen molar-refractivity contribution >= 4 is 23.8 Å². The van der Waals surface area contributed by atoms with E-state index >= 15 is 0 Å².